The molecule has 0 spiro atoms. The van der Waals surface area contributed by atoms with Gasteiger partial charge in [0, 0.05) is 25.2 Å². The number of amides is 2. The molecule has 0 radical (unpaired) electrons. The fraction of sp³-hybridized carbons (Fsp3) is 0.182. The van der Waals surface area contributed by atoms with Crippen molar-refractivity contribution in [2.24, 2.45) is 0 Å². The highest BCUT2D eigenvalue weighted by molar-refractivity contribution is 7.12. The van der Waals surface area contributed by atoms with Crippen LogP contribution in [-0.4, -0.2) is 24.9 Å². The number of fused-ring (bicyclic) bond motifs is 1. The number of thiophene rings is 1. The zero-order valence-corrected chi connectivity index (χ0v) is 16.2. The van der Waals surface area contributed by atoms with Gasteiger partial charge in [-0.25, -0.2) is 0 Å². The predicted molar refractivity (Wildman–Crippen MR) is 113 cm³/mol. The maximum absolute atomic E-state index is 12.4. The Kier molecular flexibility index (Phi) is 5.39. The standard InChI is InChI=1S/C22H21N3O2S/c26-21(11-13-23-22(27)20-10-5-15-28-20)24-17-7-2-4-9-19(17)25-14-12-16-6-1-3-8-18(16)25/h1-10,15H,11-14H2,(H,23,27)(H,24,26). The molecule has 1 aliphatic heterocycles. The Morgan fingerprint density at radius 2 is 1.75 bits per heavy atom. The summed E-state index contributed by atoms with van der Waals surface area (Å²) in [6.07, 6.45) is 1.22. The second-order valence-electron chi connectivity index (χ2n) is 6.58. The van der Waals surface area contributed by atoms with Gasteiger partial charge in [-0.1, -0.05) is 36.4 Å². The highest BCUT2D eigenvalue weighted by Gasteiger charge is 2.22. The van der Waals surface area contributed by atoms with E-state index in [2.05, 4.69) is 33.7 Å². The monoisotopic (exact) mass is 391 g/mol. The first-order valence-electron chi connectivity index (χ1n) is 9.28. The lowest BCUT2D eigenvalue weighted by Crippen LogP contribution is -2.27. The van der Waals surface area contributed by atoms with E-state index in [9.17, 15) is 9.59 Å². The van der Waals surface area contributed by atoms with Crippen molar-refractivity contribution in [2.75, 3.05) is 23.3 Å². The van der Waals surface area contributed by atoms with Crippen LogP contribution in [0.5, 0.6) is 0 Å². The quantitative estimate of drug-likeness (QED) is 0.662. The Balaban J connectivity index is 1.39. The Morgan fingerprint density at radius 1 is 0.964 bits per heavy atom. The first-order chi connectivity index (χ1) is 13.7. The maximum atomic E-state index is 12.4. The molecule has 0 fully saturated rings. The van der Waals surface area contributed by atoms with Gasteiger partial charge in [0.2, 0.25) is 5.91 Å². The minimum Gasteiger partial charge on any atom is -0.351 e. The molecule has 2 amide bonds. The van der Waals surface area contributed by atoms with E-state index in [0.717, 1.165) is 24.3 Å². The summed E-state index contributed by atoms with van der Waals surface area (Å²) in [5.41, 5.74) is 4.28. The third-order valence-electron chi connectivity index (χ3n) is 4.74. The van der Waals surface area contributed by atoms with Crippen molar-refractivity contribution >= 4 is 40.2 Å². The number of hydrogen-bond acceptors (Lipinski definition) is 4. The number of carbonyl (C=O) groups is 2. The molecule has 0 atom stereocenters. The molecule has 0 bridgehead atoms. The molecule has 142 valence electrons. The topological polar surface area (TPSA) is 61.4 Å². The van der Waals surface area contributed by atoms with Crippen LogP contribution in [0.15, 0.2) is 66.0 Å². The van der Waals surface area contributed by atoms with Crippen LogP contribution in [-0.2, 0) is 11.2 Å². The van der Waals surface area contributed by atoms with E-state index in [1.54, 1.807) is 6.07 Å². The first kappa shape index (κ1) is 18.3. The third kappa shape index (κ3) is 3.92. The van der Waals surface area contributed by atoms with E-state index in [0.29, 0.717) is 11.4 Å². The van der Waals surface area contributed by atoms with Gasteiger partial charge in [-0.2, -0.15) is 0 Å². The van der Waals surface area contributed by atoms with Crippen molar-refractivity contribution in [3.63, 3.8) is 0 Å². The summed E-state index contributed by atoms with van der Waals surface area (Å²) in [5, 5.41) is 7.64. The lowest BCUT2D eigenvalue weighted by Gasteiger charge is -2.23. The van der Waals surface area contributed by atoms with Gasteiger partial charge in [-0.05, 0) is 41.6 Å². The van der Waals surface area contributed by atoms with Crippen molar-refractivity contribution in [2.45, 2.75) is 12.8 Å². The lowest BCUT2D eigenvalue weighted by atomic mass is 10.1. The zero-order chi connectivity index (χ0) is 19.3. The van der Waals surface area contributed by atoms with Gasteiger partial charge >= 0.3 is 0 Å². The molecule has 28 heavy (non-hydrogen) atoms. The first-order valence-corrected chi connectivity index (χ1v) is 10.2. The van der Waals surface area contributed by atoms with Gasteiger partial charge in [-0.15, -0.1) is 11.3 Å². The molecule has 1 aromatic heterocycles. The number of anilines is 3. The average molecular weight is 391 g/mol. The molecule has 3 aromatic rings. The number of benzene rings is 2. The molecule has 2 N–H and O–H groups in total. The number of hydrogen-bond donors (Lipinski definition) is 2. The number of nitrogens with zero attached hydrogens (tertiary/aromatic N) is 1. The molecule has 4 rings (SSSR count). The van der Waals surface area contributed by atoms with Gasteiger partial charge in [0.1, 0.15) is 0 Å². The molecule has 0 aliphatic carbocycles. The minimum atomic E-state index is -0.142. The molecule has 0 saturated carbocycles. The van der Waals surface area contributed by atoms with Crippen molar-refractivity contribution in [3.05, 3.63) is 76.5 Å². The summed E-state index contributed by atoms with van der Waals surface area (Å²) in [7, 11) is 0. The van der Waals surface area contributed by atoms with Gasteiger partial charge in [0.05, 0.1) is 16.3 Å². The van der Waals surface area contributed by atoms with E-state index in [1.807, 2.05) is 41.8 Å². The summed E-state index contributed by atoms with van der Waals surface area (Å²) < 4.78 is 0. The van der Waals surface area contributed by atoms with Crippen molar-refractivity contribution in [3.8, 4) is 0 Å². The SMILES string of the molecule is O=C(CCNC(=O)c1cccs1)Nc1ccccc1N1CCc2ccccc21. The van der Waals surface area contributed by atoms with Gasteiger partial charge < -0.3 is 15.5 Å². The summed E-state index contributed by atoms with van der Waals surface area (Å²) in [4.78, 5) is 27.3. The normalized spacial score (nSPS) is 12.5. The summed E-state index contributed by atoms with van der Waals surface area (Å²) in [5.74, 6) is -0.261. The Morgan fingerprint density at radius 3 is 2.57 bits per heavy atom. The van der Waals surface area contributed by atoms with E-state index in [4.69, 9.17) is 0 Å². The number of nitrogens with one attached hydrogen (secondary N) is 2. The Labute approximate surface area is 168 Å². The average Bonchev–Trinajstić information content (AvgIpc) is 3.38. The van der Waals surface area contributed by atoms with Crippen LogP contribution in [0.4, 0.5) is 17.1 Å². The van der Waals surface area contributed by atoms with Crippen LogP contribution < -0.4 is 15.5 Å². The lowest BCUT2D eigenvalue weighted by molar-refractivity contribution is -0.116. The van der Waals surface area contributed by atoms with E-state index < -0.39 is 0 Å². The van der Waals surface area contributed by atoms with Crippen LogP contribution in [0.1, 0.15) is 21.7 Å². The highest BCUT2D eigenvalue weighted by atomic mass is 32.1. The molecule has 5 nitrogen and oxygen atoms in total. The molecule has 6 heteroatoms. The van der Waals surface area contributed by atoms with E-state index >= 15 is 0 Å². The zero-order valence-electron chi connectivity index (χ0n) is 15.4. The van der Waals surface area contributed by atoms with Gasteiger partial charge in [-0.3, -0.25) is 9.59 Å². The Hall–Kier alpha value is -3.12. The second-order valence-corrected chi connectivity index (χ2v) is 7.53. The largest absolute Gasteiger partial charge is 0.351 e. The summed E-state index contributed by atoms with van der Waals surface area (Å²) >= 11 is 1.38. The third-order valence-corrected chi connectivity index (χ3v) is 5.61. The molecule has 2 aromatic carbocycles. The molecule has 0 unspecified atom stereocenters. The number of rotatable bonds is 6. The number of para-hydroxylation sites is 3. The molecular formula is C22H21N3O2S. The van der Waals surface area contributed by atoms with Crippen LogP contribution in [0.2, 0.25) is 0 Å². The fourth-order valence-electron chi connectivity index (χ4n) is 3.40. The fourth-order valence-corrected chi connectivity index (χ4v) is 4.04. The van der Waals surface area contributed by atoms with Crippen molar-refractivity contribution in [1.29, 1.82) is 0 Å². The Bertz CT molecular complexity index is 985. The molecule has 0 saturated heterocycles. The maximum Gasteiger partial charge on any atom is 0.261 e. The van der Waals surface area contributed by atoms with Crippen LogP contribution in [0, 0.1) is 0 Å². The van der Waals surface area contributed by atoms with E-state index in [1.165, 1.54) is 22.6 Å². The molecule has 2 heterocycles. The molecule has 1 aliphatic rings. The summed E-state index contributed by atoms with van der Waals surface area (Å²) in [6.45, 7) is 1.19. The smallest absolute Gasteiger partial charge is 0.261 e. The summed E-state index contributed by atoms with van der Waals surface area (Å²) in [6, 6.07) is 19.8. The second kappa shape index (κ2) is 8.27. The van der Waals surface area contributed by atoms with Crippen LogP contribution >= 0.6 is 11.3 Å². The van der Waals surface area contributed by atoms with Crippen LogP contribution in [0.25, 0.3) is 0 Å². The van der Waals surface area contributed by atoms with Crippen molar-refractivity contribution in [1.82, 2.24) is 5.32 Å². The van der Waals surface area contributed by atoms with Crippen LogP contribution in [0.3, 0.4) is 0 Å². The molecular weight excluding hydrogens is 370 g/mol. The number of carbonyl (C=O) groups excluding carboxylic acids is 2. The highest BCUT2D eigenvalue weighted by Crippen LogP contribution is 2.38. The predicted octanol–water partition coefficient (Wildman–Crippen LogP) is 4.20. The van der Waals surface area contributed by atoms with E-state index in [-0.39, 0.29) is 18.2 Å². The van der Waals surface area contributed by atoms with Gasteiger partial charge in [0.15, 0.2) is 0 Å². The van der Waals surface area contributed by atoms with Crippen molar-refractivity contribution < 1.29 is 9.59 Å². The van der Waals surface area contributed by atoms with Gasteiger partial charge in [0.25, 0.3) is 5.91 Å². The minimum absolute atomic E-state index is 0.119.